The van der Waals surface area contributed by atoms with Gasteiger partial charge in [0, 0.05) is 25.6 Å². The zero-order valence-corrected chi connectivity index (χ0v) is 17.1. The monoisotopic (exact) mass is 409 g/mol. The quantitative estimate of drug-likeness (QED) is 0.446. The normalized spacial score (nSPS) is 16.0. The first kappa shape index (κ1) is 18.3. The van der Waals surface area contributed by atoms with Crippen molar-refractivity contribution in [2.45, 2.75) is 38.9 Å². The van der Waals surface area contributed by atoms with Gasteiger partial charge in [-0.25, -0.2) is 9.67 Å². The number of fused-ring (bicyclic) bond motifs is 1. The lowest BCUT2D eigenvalue weighted by Crippen LogP contribution is -2.35. The third kappa shape index (κ3) is 3.42. The summed E-state index contributed by atoms with van der Waals surface area (Å²) in [4.78, 5) is 7.06. The van der Waals surface area contributed by atoms with Crippen LogP contribution in [0.15, 0.2) is 51.5 Å². The summed E-state index contributed by atoms with van der Waals surface area (Å²) in [6.45, 7) is 5.43. The van der Waals surface area contributed by atoms with Crippen molar-refractivity contribution in [2.75, 3.05) is 13.1 Å². The maximum Gasteiger partial charge on any atom is 0.199 e. The Balaban J connectivity index is 1.29. The van der Waals surface area contributed by atoms with Crippen LogP contribution in [-0.2, 0) is 13.2 Å². The van der Waals surface area contributed by atoms with Crippen LogP contribution in [0.4, 0.5) is 0 Å². The van der Waals surface area contributed by atoms with Crippen LogP contribution in [0.3, 0.4) is 0 Å². The molecule has 150 valence electrons. The summed E-state index contributed by atoms with van der Waals surface area (Å²) in [7, 11) is 0. The van der Waals surface area contributed by atoms with Gasteiger partial charge in [-0.1, -0.05) is 12.1 Å². The predicted molar refractivity (Wildman–Crippen MR) is 112 cm³/mol. The Morgan fingerprint density at radius 3 is 2.69 bits per heavy atom. The molecule has 0 amide bonds. The van der Waals surface area contributed by atoms with E-state index in [1.807, 2.05) is 45.6 Å². The Hall–Kier alpha value is -2.71. The van der Waals surface area contributed by atoms with Gasteiger partial charge in [0.15, 0.2) is 27.8 Å². The molecule has 1 aliphatic heterocycles. The van der Waals surface area contributed by atoms with E-state index >= 15 is 0 Å². The number of para-hydroxylation sites is 2. The van der Waals surface area contributed by atoms with E-state index in [1.165, 1.54) is 0 Å². The van der Waals surface area contributed by atoms with Crippen molar-refractivity contribution >= 4 is 23.3 Å². The molecule has 7 nitrogen and oxygen atoms in total. The summed E-state index contributed by atoms with van der Waals surface area (Å²) >= 11 is 5.66. The third-order valence-electron chi connectivity index (χ3n) is 5.56. The molecule has 0 saturated carbocycles. The lowest BCUT2D eigenvalue weighted by molar-refractivity contribution is 0.153. The second kappa shape index (κ2) is 7.61. The molecular weight excluding hydrogens is 386 g/mol. The van der Waals surface area contributed by atoms with Gasteiger partial charge in [0.05, 0.1) is 12.9 Å². The second-order valence-electron chi connectivity index (χ2n) is 7.38. The smallest absolute Gasteiger partial charge is 0.199 e. The topological polar surface area (TPSA) is 65.2 Å². The van der Waals surface area contributed by atoms with Gasteiger partial charge >= 0.3 is 0 Å². The van der Waals surface area contributed by atoms with Gasteiger partial charge in [0.25, 0.3) is 0 Å². The van der Waals surface area contributed by atoms with E-state index in [0.717, 1.165) is 65.8 Å². The highest BCUT2D eigenvalue weighted by Gasteiger charge is 2.25. The number of hydrogen-bond acceptors (Lipinski definition) is 6. The molecule has 1 aromatic carbocycles. The van der Waals surface area contributed by atoms with E-state index in [9.17, 15) is 0 Å². The SMILES string of the molecule is CCn1c(-c2ccco2)nn(CN2CCC(c3nc4ccccc4o3)CC2)c1=S. The van der Waals surface area contributed by atoms with Crippen LogP contribution < -0.4 is 0 Å². The minimum Gasteiger partial charge on any atom is -0.461 e. The van der Waals surface area contributed by atoms with Gasteiger partial charge in [0.1, 0.15) is 5.52 Å². The molecule has 4 aromatic rings. The highest BCUT2D eigenvalue weighted by Crippen LogP contribution is 2.30. The number of likely N-dealkylation sites (tertiary alicyclic amines) is 1. The fourth-order valence-electron chi connectivity index (χ4n) is 3.98. The van der Waals surface area contributed by atoms with E-state index in [2.05, 4.69) is 16.8 Å². The molecule has 0 unspecified atom stereocenters. The van der Waals surface area contributed by atoms with Crippen LogP contribution in [0.2, 0.25) is 0 Å². The first-order chi connectivity index (χ1) is 14.2. The summed E-state index contributed by atoms with van der Waals surface area (Å²) in [5.41, 5.74) is 1.80. The number of furan rings is 1. The molecule has 4 heterocycles. The fraction of sp³-hybridized carbons (Fsp3) is 0.381. The predicted octanol–water partition coefficient (Wildman–Crippen LogP) is 4.67. The van der Waals surface area contributed by atoms with Gasteiger partial charge in [-0.2, -0.15) is 0 Å². The van der Waals surface area contributed by atoms with Crippen molar-refractivity contribution in [1.29, 1.82) is 0 Å². The van der Waals surface area contributed by atoms with Crippen LogP contribution >= 0.6 is 12.2 Å². The summed E-state index contributed by atoms with van der Waals surface area (Å²) < 4.78 is 16.1. The van der Waals surface area contributed by atoms with Crippen LogP contribution in [0.5, 0.6) is 0 Å². The Morgan fingerprint density at radius 1 is 1.14 bits per heavy atom. The molecular formula is C21H23N5O2S. The van der Waals surface area contributed by atoms with E-state index in [0.29, 0.717) is 12.6 Å². The zero-order valence-electron chi connectivity index (χ0n) is 16.3. The third-order valence-corrected chi connectivity index (χ3v) is 5.99. The molecule has 1 aliphatic rings. The Morgan fingerprint density at radius 2 is 1.97 bits per heavy atom. The molecule has 3 aromatic heterocycles. The summed E-state index contributed by atoms with van der Waals surface area (Å²) in [6.07, 6.45) is 3.69. The molecule has 1 saturated heterocycles. The number of benzene rings is 1. The van der Waals surface area contributed by atoms with E-state index in [4.69, 9.17) is 26.2 Å². The molecule has 0 spiro atoms. The molecule has 8 heteroatoms. The highest BCUT2D eigenvalue weighted by atomic mass is 32.1. The average Bonchev–Trinajstić information content (AvgIpc) is 3.48. The number of piperidine rings is 1. The molecule has 0 radical (unpaired) electrons. The number of rotatable bonds is 5. The second-order valence-corrected chi connectivity index (χ2v) is 7.75. The number of nitrogens with zero attached hydrogens (tertiary/aromatic N) is 5. The summed E-state index contributed by atoms with van der Waals surface area (Å²) in [5, 5.41) is 4.73. The van der Waals surface area contributed by atoms with E-state index < -0.39 is 0 Å². The maximum atomic E-state index is 5.98. The molecule has 0 atom stereocenters. The van der Waals surface area contributed by atoms with Gasteiger partial charge in [-0.3, -0.25) is 9.47 Å². The molecule has 5 rings (SSSR count). The summed E-state index contributed by atoms with van der Waals surface area (Å²) in [6, 6.07) is 11.7. The Bertz CT molecular complexity index is 1130. The van der Waals surface area contributed by atoms with Crippen LogP contribution in [0.1, 0.15) is 31.6 Å². The first-order valence-corrected chi connectivity index (χ1v) is 10.4. The lowest BCUT2D eigenvalue weighted by Gasteiger charge is -2.30. The minimum absolute atomic E-state index is 0.360. The van der Waals surface area contributed by atoms with Crippen molar-refractivity contribution in [3.05, 3.63) is 53.3 Å². The van der Waals surface area contributed by atoms with Crippen LogP contribution in [0, 0.1) is 4.77 Å². The van der Waals surface area contributed by atoms with E-state index in [1.54, 1.807) is 6.26 Å². The molecule has 0 aliphatic carbocycles. The minimum atomic E-state index is 0.360. The average molecular weight is 410 g/mol. The molecule has 0 bridgehead atoms. The maximum absolute atomic E-state index is 5.98. The zero-order chi connectivity index (χ0) is 19.8. The first-order valence-electron chi connectivity index (χ1n) is 10.0. The van der Waals surface area contributed by atoms with Gasteiger partial charge in [0.2, 0.25) is 0 Å². The lowest BCUT2D eigenvalue weighted by atomic mass is 9.97. The van der Waals surface area contributed by atoms with E-state index in [-0.39, 0.29) is 0 Å². The van der Waals surface area contributed by atoms with Crippen molar-refractivity contribution in [1.82, 2.24) is 24.2 Å². The van der Waals surface area contributed by atoms with Gasteiger partial charge < -0.3 is 8.83 Å². The number of oxazole rings is 1. The summed E-state index contributed by atoms with van der Waals surface area (Å²) in [5.74, 6) is 2.74. The number of hydrogen-bond donors (Lipinski definition) is 0. The van der Waals surface area contributed by atoms with Crippen molar-refractivity contribution in [2.24, 2.45) is 0 Å². The Kier molecular flexibility index (Phi) is 4.81. The molecule has 29 heavy (non-hydrogen) atoms. The van der Waals surface area contributed by atoms with Crippen LogP contribution in [-0.4, -0.2) is 37.3 Å². The Labute approximate surface area is 173 Å². The van der Waals surface area contributed by atoms with Gasteiger partial charge in [-0.05, 0) is 56.2 Å². The fourth-order valence-corrected chi connectivity index (χ4v) is 4.30. The van der Waals surface area contributed by atoms with Crippen molar-refractivity contribution < 1.29 is 8.83 Å². The molecule has 1 fully saturated rings. The standard InChI is InChI=1S/C21H23N5O2S/c1-2-25-19(18-8-5-13-27-18)23-26(21(25)29)14-24-11-9-15(10-12-24)20-22-16-6-3-4-7-17(16)28-20/h3-8,13,15H,2,9-12,14H2,1H3. The molecule has 0 N–H and O–H groups in total. The highest BCUT2D eigenvalue weighted by molar-refractivity contribution is 7.71. The number of aromatic nitrogens is 4. The van der Waals surface area contributed by atoms with Crippen LogP contribution in [0.25, 0.3) is 22.7 Å². The van der Waals surface area contributed by atoms with Crippen molar-refractivity contribution in [3.8, 4) is 11.6 Å². The van der Waals surface area contributed by atoms with Crippen molar-refractivity contribution in [3.63, 3.8) is 0 Å². The van der Waals surface area contributed by atoms with Gasteiger partial charge in [-0.15, -0.1) is 5.10 Å². The largest absolute Gasteiger partial charge is 0.461 e.